The van der Waals surface area contributed by atoms with E-state index < -0.39 is 0 Å². The van der Waals surface area contributed by atoms with Crippen molar-refractivity contribution < 1.29 is 0 Å². The van der Waals surface area contributed by atoms with Crippen molar-refractivity contribution in [2.45, 2.75) is 12.1 Å². The molecule has 8 aromatic carbocycles. The lowest BCUT2D eigenvalue weighted by atomic mass is 9.90. The summed E-state index contributed by atoms with van der Waals surface area (Å²) in [4.78, 5) is 0. The number of benzene rings is 8. The molecule has 0 amide bonds. The zero-order valence-electron chi connectivity index (χ0n) is 29.8. The average molecular weight is 723 g/mol. The summed E-state index contributed by atoms with van der Waals surface area (Å²) in [7, 11) is 0. The van der Waals surface area contributed by atoms with Gasteiger partial charge in [-0.05, 0) is 71.8 Å². The van der Waals surface area contributed by atoms with Gasteiger partial charge in [0.15, 0.2) is 0 Å². The van der Waals surface area contributed by atoms with Gasteiger partial charge in [0, 0.05) is 48.4 Å². The quantitative estimate of drug-likeness (QED) is 0.190. The molecule has 260 valence electrons. The molecule has 55 heavy (non-hydrogen) atoms. The summed E-state index contributed by atoms with van der Waals surface area (Å²) in [5.74, 6) is 0. The van der Waals surface area contributed by atoms with E-state index >= 15 is 0 Å². The van der Waals surface area contributed by atoms with Gasteiger partial charge in [0.2, 0.25) is 0 Å². The molecule has 2 unspecified atom stereocenters. The first-order valence-corrected chi connectivity index (χ1v) is 19.7. The van der Waals surface area contributed by atoms with Gasteiger partial charge in [-0.25, -0.2) is 0 Å². The van der Waals surface area contributed by atoms with Crippen LogP contribution >= 0.6 is 11.3 Å². The van der Waals surface area contributed by atoms with E-state index in [1.807, 2.05) is 11.3 Å². The Morgan fingerprint density at radius 1 is 0.382 bits per heavy atom. The van der Waals surface area contributed by atoms with E-state index in [4.69, 9.17) is 0 Å². The fraction of sp³-hybridized carbons (Fsp3) is 0.0400. The third-order valence-electron chi connectivity index (χ3n) is 11.6. The second-order valence-electron chi connectivity index (χ2n) is 14.6. The standard InChI is InChI=1S/C50H34N4S/c1-3-14-31(15-4-1)47-48(52-42-23-10-9-22-41(42)51-47)32-16-13-19-34(28-32)54-45-30-44-39(35-20-7-11-24-43(35)53(44)33-17-5-2-6-18-33)29-40(45)37-26-27-38-36-21-8-12-25-46(36)55-50(38)49(37)54/h1-30,47-48,51-52H. The number of nitrogens with zero attached hydrogens (tertiary/aromatic N) is 2. The predicted octanol–water partition coefficient (Wildman–Crippen LogP) is 13.6. The van der Waals surface area contributed by atoms with Crippen LogP contribution in [0.2, 0.25) is 0 Å². The molecular weight excluding hydrogens is 689 g/mol. The molecule has 5 heteroatoms. The Morgan fingerprint density at radius 2 is 0.982 bits per heavy atom. The van der Waals surface area contributed by atoms with Gasteiger partial charge in [0.25, 0.3) is 0 Å². The molecule has 3 aromatic heterocycles. The number of aromatic nitrogens is 2. The van der Waals surface area contributed by atoms with E-state index in [-0.39, 0.29) is 12.1 Å². The normalized spacial score (nSPS) is 15.6. The van der Waals surface area contributed by atoms with Crippen molar-refractivity contribution in [3.05, 3.63) is 193 Å². The molecule has 11 aromatic rings. The van der Waals surface area contributed by atoms with Crippen LogP contribution in [0.4, 0.5) is 11.4 Å². The first kappa shape index (κ1) is 30.6. The summed E-state index contributed by atoms with van der Waals surface area (Å²) in [6, 6.07) is 66.6. The summed E-state index contributed by atoms with van der Waals surface area (Å²) in [6.45, 7) is 0. The highest BCUT2D eigenvalue weighted by molar-refractivity contribution is 7.26. The Hall–Kier alpha value is -6.82. The fourth-order valence-electron chi connectivity index (χ4n) is 9.17. The van der Waals surface area contributed by atoms with Crippen LogP contribution in [0, 0.1) is 0 Å². The SMILES string of the molecule is c1ccc(C2Nc3ccccc3NC2c2cccc(-n3c4cc5c(cc4c4ccc6c7ccccc7sc6c43)c3ccccc3n5-c3ccccc3)c2)cc1. The van der Waals surface area contributed by atoms with Crippen molar-refractivity contribution in [1.29, 1.82) is 0 Å². The van der Waals surface area contributed by atoms with E-state index in [0.717, 1.165) is 22.7 Å². The molecule has 12 rings (SSSR count). The molecule has 4 nitrogen and oxygen atoms in total. The van der Waals surface area contributed by atoms with Gasteiger partial charge in [-0.15, -0.1) is 11.3 Å². The molecule has 2 N–H and O–H groups in total. The molecule has 0 aliphatic carbocycles. The summed E-state index contributed by atoms with van der Waals surface area (Å²) >= 11 is 1.90. The van der Waals surface area contributed by atoms with Gasteiger partial charge in [-0.2, -0.15) is 0 Å². The molecule has 4 heterocycles. The van der Waals surface area contributed by atoms with Gasteiger partial charge in [0.1, 0.15) is 0 Å². The number of para-hydroxylation sites is 4. The fourth-order valence-corrected chi connectivity index (χ4v) is 10.4. The Bertz CT molecular complexity index is 3280. The Balaban J connectivity index is 1.16. The number of hydrogen-bond acceptors (Lipinski definition) is 3. The lowest BCUT2D eigenvalue weighted by Crippen LogP contribution is -2.30. The number of nitrogens with one attached hydrogen (secondary N) is 2. The first-order chi connectivity index (χ1) is 27.3. The molecule has 0 saturated carbocycles. The van der Waals surface area contributed by atoms with E-state index in [2.05, 4.69) is 202 Å². The lowest BCUT2D eigenvalue weighted by molar-refractivity contribution is 0.636. The molecule has 0 spiro atoms. The molecule has 0 radical (unpaired) electrons. The van der Waals surface area contributed by atoms with Crippen molar-refractivity contribution in [2.24, 2.45) is 0 Å². The van der Waals surface area contributed by atoms with E-state index in [9.17, 15) is 0 Å². The number of hydrogen-bond donors (Lipinski definition) is 2. The van der Waals surface area contributed by atoms with E-state index in [0.29, 0.717) is 0 Å². The minimum absolute atomic E-state index is 0.00186. The maximum Gasteiger partial charge on any atom is 0.0758 e. The summed E-state index contributed by atoms with van der Waals surface area (Å²) in [6.07, 6.45) is 0. The molecule has 0 saturated heterocycles. The minimum Gasteiger partial charge on any atom is -0.374 e. The number of anilines is 2. The van der Waals surface area contributed by atoms with Crippen LogP contribution in [0.25, 0.3) is 75.2 Å². The molecule has 0 fully saturated rings. The maximum atomic E-state index is 3.95. The Morgan fingerprint density at radius 3 is 1.80 bits per heavy atom. The van der Waals surface area contributed by atoms with Crippen LogP contribution in [0.1, 0.15) is 23.2 Å². The molecule has 2 atom stereocenters. The number of rotatable bonds is 4. The van der Waals surface area contributed by atoms with Crippen LogP contribution in [0.5, 0.6) is 0 Å². The zero-order valence-corrected chi connectivity index (χ0v) is 30.6. The second kappa shape index (κ2) is 11.8. The topological polar surface area (TPSA) is 33.9 Å². The van der Waals surface area contributed by atoms with Gasteiger partial charge in [-0.1, -0.05) is 121 Å². The van der Waals surface area contributed by atoms with Crippen LogP contribution in [-0.2, 0) is 0 Å². The molecule has 1 aliphatic heterocycles. The number of thiophene rings is 1. The minimum atomic E-state index is 0.00186. The highest BCUT2D eigenvalue weighted by Crippen LogP contribution is 2.47. The van der Waals surface area contributed by atoms with E-state index in [1.54, 1.807) is 0 Å². The van der Waals surface area contributed by atoms with Crippen molar-refractivity contribution in [3.8, 4) is 11.4 Å². The van der Waals surface area contributed by atoms with Crippen molar-refractivity contribution in [2.75, 3.05) is 10.6 Å². The largest absolute Gasteiger partial charge is 0.374 e. The third kappa shape index (κ3) is 4.57. The van der Waals surface area contributed by atoms with Crippen molar-refractivity contribution in [1.82, 2.24) is 9.13 Å². The third-order valence-corrected chi connectivity index (χ3v) is 12.8. The predicted molar refractivity (Wildman–Crippen MR) is 234 cm³/mol. The Kier molecular flexibility index (Phi) is 6.59. The van der Waals surface area contributed by atoms with Gasteiger partial charge in [0.05, 0.1) is 50.2 Å². The summed E-state index contributed by atoms with van der Waals surface area (Å²) in [5.41, 5.74) is 11.9. The van der Waals surface area contributed by atoms with Crippen LogP contribution in [0.3, 0.4) is 0 Å². The summed E-state index contributed by atoms with van der Waals surface area (Å²) < 4.78 is 7.59. The average Bonchev–Trinajstić information content (AvgIpc) is 3.90. The van der Waals surface area contributed by atoms with Gasteiger partial charge < -0.3 is 19.8 Å². The molecule has 0 bridgehead atoms. The van der Waals surface area contributed by atoms with Crippen molar-refractivity contribution in [3.63, 3.8) is 0 Å². The van der Waals surface area contributed by atoms with Crippen LogP contribution in [-0.4, -0.2) is 9.13 Å². The molecule has 1 aliphatic rings. The highest BCUT2D eigenvalue weighted by Gasteiger charge is 2.31. The number of fused-ring (bicyclic) bond motifs is 11. The van der Waals surface area contributed by atoms with Gasteiger partial charge >= 0.3 is 0 Å². The lowest BCUT2D eigenvalue weighted by Gasteiger charge is -2.37. The highest BCUT2D eigenvalue weighted by atomic mass is 32.1. The Labute approximate surface area is 321 Å². The molecular formula is C50H34N4S. The monoisotopic (exact) mass is 722 g/mol. The first-order valence-electron chi connectivity index (χ1n) is 18.9. The van der Waals surface area contributed by atoms with E-state index in [1.165, 1.54) is 74.9 Å². The summed E-state index contributed by atoms with van der Waals surface area (Å²) in [5, 5.41) is 15.5. The van der Waals surface area contributed by atoms with Crippen molar-refractivity contribution >= 4 is 86.5 Å². The smallest absolute Gasteiger partial charge is 0.0758 e. The zero-order chi connectivity index (χ0) is 36.0. The van der Waals surface area contributed by atoms with Gasteiger partial charge in [-0.3, -0.25) is 0 Å². The van der Waals surface area contributed by atoms with Crippen LogP contribution in [0.15, 0.2) is 182 Å². The second-order valence-corrected chi connectivity index (χ2v) is 15.7. The van der Waals surface area contributed by atoms with Crippen LogP contribution < -0.4 is 10.6 Å². The maximum absolute atomic E-state index is 3.95.